The van der Waals surface area contributed by atoms with Gasteiger partial charge in [-0.15, -0.1) is 0 Å². The second-order valence-electron chi connectivity index (χ2n) is 6.37. The van der Waals surface area contributed by atoms with E-state index < -0.39 is 10.0 Å². The van der Waals surface area contributed by atoms with E-state index in [0.29, 0.717) is 25.0 Å². The van der Waals surface area contributed by atoms with Crippen LogP contribution in [0.5, 0.6) is 0 Å². The summed E-state index contributed by atoms with van der Waals surface area (Å²) in [6.45, 7) is 4.04. The molecule has 2 aromatic rings. The molecule has 5 nitrogen and oxygen atoms in total. The van der Waals surface area contributed by atoms with Gasteiger partial charge in [0.2, 0.25) is 10.0 Å². The van der Waals surface area contributed by atoms with Crippen molar-refractivity contribution in [3.8, 4) is 0 Å². The molecule has 0 radical (unpaired) electrons. The largest absolute Gasteiger partial charge is 0.309 e. The molecule has 23 heavy (non-hydrogen) atoms. The van der Waals surface area contributed by atoms with Crippen molar-refractivity contribution < 1.29 is 8.42 Å². The third-order valence-corrected chi connectivity index (χ3v) is 5.88. The summed E-state index contributed by atoms with van der Waals surface area (Å²) in [5, 5.41) is 4.74. The Balaban J connectivity index is 1.67. The fourth-order valence-corrected chi connectivity index (χ4v) is 4.21. The summed E-state index contributed by atoms with van der Waals surface area (Å²) in [5.74, 6) is 0.293. The fraction of sp³-hybridized carbons (Fsp3) is 0.471. The first kappa shape index (κ1) is 16.4. The van der Waals surface area contributed by atoms with Crippen molar-refractivity contribution in [2.24, 2.45) is 5.92 Å². The highest BCUT2D eigenvalue weighted by Gasteiger charge is 2.30. The molecule has 0 saturated carbocycles. The Hall–Kier alpha value is -1.50. The van der Waals surface area contributed by atoms with Crippen molar-refractivity contribution in [1.82, 2.24) is 14.6 Å². The number of fused-ring (bicyclic) bond motifs is 1. The molecule has 0 unspecified atom stereocenters. The topological polar surface area (TPSA) is 62.3 Å². The average molecular weight is 333 g/mol. The van der Waals surface area contributed by atoms with Gasteiger partial charge < -0.3 is 5.32 Å². The molecule has 1 N–H and O–H groups in total. The van der Waals surface area contributed by atoms with Gasteiger partial charge in [0, 0.05) is 37.3 Å². The Morgan fingerprint density at radius 2 is 2.09 bits per heavy atom. The summed E-state index contributed by atoms with van der Waals surface area (Å²) in [6.07, 6.45) is 3.95. The molecule has 0 amide bonds. The molecule has 1 aromatic heterocycles. The zero-order chi connectivity index (χ0) is 16.4. The zero-order valence-electron chi connectivity index (χ0n) is 13.6. The van der Waals surface area contributed by atoms with Crippen molar-refractivity contribution in [1.29, 1.82) is 0 Å². The highest BCUT2D eigenvalue weighted by molar-refractivity contribution is 7.88. The molecule has 2 atom stereocenters. The van der Waals surface area contributed by atoms with Crippen molar-refractivity contribution in [3.63, 3.8) is 0 Å². The minimum atomic E-state index is -3.08. The van der Waals surface area contributed by atoms with Gasteiger partial charge in [-0.2, -0.15) is 0 Å². The van der Waals surface area contributed by atoms with E-state index in [4.69, 9.17) is 0 Å². The third kappa shape index (κ3) is 3.71. The lowest BCUT2D eigenvalue weighted by molar-refractivity contribution is 0.220. The Labute approximate surface area is 137 Å². The lowest BCUT2D eigenvalue weighted by atomic mass is 9.95. The number of pyridine rings is 1. The molecule has 0 bridgehead atoms. The highest BCUT2D eigenvalue weighted by atomic mass is 32.2. The Bertz CT molecular complexity index is 786. The number of hydrogen-bond donors (Lipinski definition) is 1. The smallest absolute Gasteiger partial charge is 0.211 e. The Kier molecular flexibility index (Phi) is 4.66. The van der Waals surface area contributed by atoms with Crippen LogP contribution in [0, 0.1) is 5.92 Å². The summed E-state index contributed by atoms with van der Waals surface area (Å²) in [4.78, 5) is 4.48. The standard InChI is InChI=1S/C17H23N3O2S/c1-13-12-20(23(2,21)22)10-8-16(13)19-11-15-6-3-5-14-7-4-9-18-17(14)15/h3-7,9,13,16,19H,8,10-12H2,1-2H3/t13-,16+/m1/s1. The predicted octanol–water partition coefficient (Wildman–Crippen LogP) is 1.99. The maximum Gasteiger partial charge on any atom is 0.211 e. The molecule has 1 fully saturated rings. The second kappa shape index (κ2) is 6.55. The first-order valence-electron chi connectivity index (χ1n) is 7.96. The summed E-state index contributed by atoms with van der Waals surface area (Å²) < 4.78 is 24.9. The number of rotatable bonds is 4. The monoisotopic (exact) mass is 333 g/mol. The van der Waals surface area contributed by atoms with Gasteiger partial charge in [-0.1, -0.05) is 31.2 Å². The molecule has 1 saturated heterocycles. The maximum atomic E-state index is 11.7. The minimum Gasteiger partial charge on any atom is -0.309 e. The van der Waals surface area contributed by atoms with Gasteiger partial charge in [0.05, 0.1) is 11.8 Å². The quantitative estimate of drug-likeness (QED) is 0.929. The second-order valence-corrected chi connectivity index (χ2v) is 8.35. The van der Waals surface area contributed by atoms with Crippen LogP contribution >= 0.6 is 0 Å². The number of piperidine rings is 1. The highest BCUT2D eigenvalue weighted by Crippen LogP contribution is 2.21. The van der Waals surface area contributed by atoms with Crippen LogP contribution in [0.15, 0.2) is 36.5 Å². The van der Waals surface area contributed by atoms with Crippen LogP contribution in [0.25, 0.3) is 10.9 Å². The van der Waals surface area contributed by atoms with E-state index in [1.807, 2.05) is 12.3 Å². The van der Waals surface area contributed by atoms with Gasteiger partial charge in [-0.25, -0.2) is 12.7 Å². The van der Waals surface area contributed by atoms with Crippen LogP contribution < -0.4 is 5.32 Å². The molecule has 1 aromatic carbocycles. The number of hydrogen-bond acceptors (Lipinski definition) is 4. The minimum absolute atomic E-state index is 0.293. The van der Waals surface area contributed by atoms with Crippen molar-refractivity contribution in [2.45, 2.75) is 25.9 Å². The number of nitrogens with one attached hydrogen (secondary N) is 1. The van der Waals surface area contributed by atoms with Crippen LogP contribution in [0.1, 0.15) is 18.9 Å². The van der Waals surface area contributed by atoms with Gasteiger partial charge in [0.25, 0.3) is 0 Å². The maximum absolute atomic E-state index is 11.7. The summed E-state index contributed by atoms with van der Waals surface area (Å²) in [7, 11) is -3.08. The van der Waals surface area contributed by atoms with Crippen LogP contribution in [0.4, 0.5) is 0 Å². The molecule has 0 aliphatic carbocycles. The van der Waals surface area contributed by atoms with E-state index in [1.54, 1.807) is 4.31 Å². The molecular formula is C17H23N3O2S. The van der Waals surface area contributed by atoms with Gasteiger partial charge in [-0.05, 0) is 24.0 Å². The number of para-hydroxylation sites is 1. The van der Waals surface area contributed by atoms with E-state index >= 15 is 0 Å². The molecular weight excluding hydrogens is 310 g/mol. The van der Waals surface area contributed by atoms with E-state index in [1.165, 1.54) is 11.8 Å². The van der Waals surface area contributed by atoms with Gasteiger partial charge in [-0.3, -0.25) is 4.98 Å². The van der Waals surface area contributed by atoms with Crippen molar-refractivity contribution >= 4 is 20.9 Å². The Morgan fingerprint density at radius 3 is 2.83 bits per heavy atom. The third-order valence-electron chi connectivity index (χ3n) is 4.61. The van der Waals surface area contributed by atoms with Crippen LogP contribution in [-0.2, 0) is 16.6 Å². The number of nitrogens with zero attached hydrogens (tertiary/aromatic N) is 2. The average Bonchev–Trinajstić information content (AvgIpc) is 2.53. The summed E-state index contributed by atoms with van der Waals surface area (Å²) in [5.41, 5.74) is 2.21. The number of benzene rings is 1. The van der Waals surface area contributed by atoms with Crippen molar-refractivity contribution in [3.05, 3.63) is 42.1 Å². The molecule has 2 heterocycles. The van der Waals surface area contributed by atoms with Gasteiger partial charge in [0.15, 0.2) is 0 Å². The van der Waals surface area contributed by atoms with Crippen LogP contribution in [-0.4, -0.2) is 43.1 Å². The van der Waals surface area contributed by atoms with Crippen molar-refractivity contribution in [2.75, 3.05) is 19.3 Å². The van der Waals surface area contributed by atoms with Gasteiger partial charge in [0.1, 0.15) is 0 Å². The lowest BCUT2D eigenvalue weighted by Gasteiger charge is -2.36. The number of sulfonamides is 1. The van der Waals surface area contributed by atoms with E-state index in [-0.39, 0.29) is 0 Å². The molecule has 6 heteroatoms. The SMILES string of the molecule is C[C@@H]1CN(S(C)(=O)=O)CC[C@@H]1NCc1cccc2cccnc12. The first-order valence-corrected chi connectivity index (χ1v) is 9.81. The fourth-order valence-electron chi connectivity index (χ4n) is 3.26. The number of aromatic nitrogens is 1. The molecule has 0 spiro atoms. The van der Waals surface area contributed by atoms with E-state index in [9.17, 15) is 8.42 Å². The lowest BCUT2D eigenvalue weighted by Crippen LogP contribution is -2.49. The summed E-state index contributed by atoms with van der Waals surface area (Å²) >= 11 is 0. The Morgan fingerprint density at radius 1 is 1.30 bits per heavy atom. The summed E-state index contributed by atoms with van der Waals surface area (Å²) in [6, 6.07) is 10.6. The first-order chi connectivity index (χ1) is 10.9. The van der Waals surface area contributed by atoms with Gasteiger partial charge >= 0.3 is 0 Å². The molecule has 1 aliphatic rings. The zero-order valence-corrected chi connectivity index (χ0v) is 14.4. The predicted molar refractivity (Wildman–Crippen MR) is 92.6 cm³/mol. The molecule has 3 rings (SSSR count). The van der Waals surface area contributed by atoms with Crippen LogP contribution in [0.3, 0.4) is 0 Å². The van der Waals surface area contributed by atoms with Crippen LogP contribution in [0.2, 0.25) is 0 Å². The van der Waals surface area contributed by atoms with E-state index in [0.717, 1.165) is 23.9 Å². The van der Waals surface area contributed by atoms with E-state index in [2.05, 4.69) is 41.5 Å². The molecule has 124 valence electrons. The normalized spacial score (nSPS) is 23.2. The molecule has 1 aliphatic heterocycles.